The van der Waals surface area contributed by atoms with Gasteiger partial charge in [0.15, 0.2) is 0 Å². The largest absolute Gasteiger partial charge is 0.491 e. The van der Waals surface area contributed by atoms with Crippen molar-refractivity contribution in [2.24, 2.45) is 0 Å². The highest BCUT2D eigenvalue weighted by Gasteiger charge is 2.37. The fourth-order valence-electron chi connectivity index (χ4n) is 5.21. The van der Waals surface area contributed by atoms with E-state index in [1.54, 1.807) is 7.11 Å². The second-order valence-corrected chi connectivity index (χ2v) is 9.46. The maximum atomic E-state index is 12.7. The van der Waals surface area contributed by atoms with Gasteiger partial charge in [-0.15, -0.1) is 0 Å². The lowest BCUT2D eigenvalue weighted by Gasteiger charge is -2.46. The number of nitrogens with one attached hydrogen (secondary N) is 2. The standard InChI is InChI=1S/C25H40N4O4/c1-19-18-28(12-13-32-19)23-17-24(30)27-25(26-23)29-11-5-3-4-6-21(29)16-20-7-9-22(10-8-20)33-15-14-31-2/h7-10,19,21,23,25-26H,3-6,11-18H2,1-2H3,(H,27,30)/t19-,21-,23?,25?/m1/s1. The number of methoxy groups -OCH3 is 1. The normalized spacial score (nSPS) is 29.9. The molecule has 3 aliphatic rings. The van der Waals surface area contributed by atoms with Gasteiger partial charge in [-0.25, -0.2) is 0 Å². The van der Waals surface area contributed by atoms with Crippen molar-refractivity contribution in [2.75, 3.05) is 46.6 Å². The minimum absolute atomic E-state index is 0.0579. The third kappa shape index (κ3) is 6.90. The number of benzene rings is 1. The summed E-state index contributed by atoms with van der Waals surface area (Å²) in [6.45, 7) is 6.69. The van der Waals surface area contributed by atoms with Crippen molar-refractivity contribution in [2.45, 2.75) is 70.0 Å². The second-order valence-electron chi connectivity index (χ2n) is 9.46. The van der Waals surface area contributed by atoms with Crippen LogP contribution in [0.3, 0.4) is 0 Å². The molecule has 4 atom stereocenters. The van der Waals surface area contributed by atoms with Crippen molar-refractivity contribution in [3.63, 3.8) is 0 Å². The topological polar surface area (TPSA) is 75.3 Å². The van der Waals surface area contributed by atoms with E-state index in [-0.39, 0.29) is 24.5 Å². The van der Waals surface area contributed by atoms with Crippen molar-refractivity contribution in [1.29, 1.82) is 0 Å². The molecule has 184 valence electrons. The third-order valence-electron chi connectivity index (χ3n) is 6.95. The summed E-state index contributed by atoms with van der Waals surface area (Å²) in [5.41, 5.74) is 1.30. The lowest BCUT2D eigenvalue weighted by atomic mass is 10.0. The molecule has 33 heavy (non-hydrogen) atoms. The molecular formula is C25H40N4O4. The van der Waals surface area contributed by atoms with Crippen LogP contribution in [0.1, 0.15) is 44.6 Å². The molecule has 0 saturated carbocycles. The number of carbonyl (C=O) groups is 1. The molecule has 1 aromatic carbocycles. The predicted octanol–water partition coefficient (Wildman–Crippen LogP) is 1.94. The van der Waals surface area contributed by atoms with Crippen molar-refractivity contribution in [3.8, 4) is 5.75 Å². The van der Waals surface area contributed by atoms with Crippen LogP contribution in [0.15, 0.2) is 24.3 Å². The smallest absolute Gasteiger partial charge is 0.225 e. The fourth-order valence-corrected chi connectivity index (χ4v) is 5.21. The second kappa shape index (κ2) is 12.1. The molecule has 3 aliphatic heterocycles. The molecular weight excluding hydrogens is 420 g/mol. The van der Waals surface area contributed by atoms with Gasteiger partial charge in [-0.1, -0.05) is 25.0 Å². The van der Waals surface area contributed by atoms with E-state index in [9.17, 15) is 4.79 Å². The quantitative estimate of drug-likeness (QED) is 0.574. The average molecular weight is 461 g/mol. The summed E-state index contributed by atoms with van der Waals surface area (Å²) < 4.78 is 16.5. The number of hydrogen-bond acceptors (Lipinski definition) is 7. The molecule has 2 N–H and O–H groups in total. The van der Waals surface area contributed by atoms with Crippen LogP contribution in [0, 0.1) is 0 Å². The van der Waals surface area contributed by atoms with Crippen LogP contribution < -0.4 is 15.4 Å². The lowest BCUT2D eigenvalue weighted by molar-refractivity contribution is -0.133. The number of ether oxygens (including phenoxy) is 3. The molecule has 4 rings (SSSR count). The van der Waals surface area contributed by atoms with Crippen molar-refractivity contribution < 1.29 is 19.0 Å². The first-order chi connectivity index (χ1) is 16.1. The molecule has 3 saturated heterocycles. The first-order valence-corrected chi connectivity index (χ1v) is 12.5. The van der Waals surface area contributed by atoms with Crippen LogP contribution in [0.4, 0.5) is 0 Å². The number of carbonyl (C=O) groups excluding carboxylic acids is 1. The Labute approximate surface area is 197 Å². The summed E-state index contributed by atoms with van der Waals surface area (Å²) in [5.74, 6) is 1.00. The van der Waals surface area contributed by atoms with E-state index in [0.717, 1.165) is 51.3 Å². The molecule has 1 aromatic rings. The molecule has 1 amide bonds. The van der Waals surface area contributed by atoms with E-state index in [4.69, 9.17) is 14.2 Å². The SMILES string of the molecule is COCCOc1ccc(C[C@H]2CCCCCN2C2NC(=O)CC(N3CCO[C@H](C)C3)N2)cc1. The van der Waals surface area contributed by atoms with Gasteiger partial charge in [0.1, 0.15) is 18.6 Å². The molecule has 3 fully saturated rings. The number of hydrogen-bond donors (Lipinski definition) is 2. The van der Waals surface area contributed by atoms with Crippen LogP contribution in [0.5, 0.6) is 5.75 Å². The van der Waals surface area contributed by atoms with E-state index in [1.165, 1.54) is 18.4 Å². The Hall–Kier alpha value is -1.71. The van der Waals surface area contributed by atoms with Crippen LogP contribution in [-0.2, 0) is 20.7 Å². The zero-order chi connectivity index (χ0) is 23.0. The average Bonchev–Trinajstić information content (AvgIpc) is 3.05. The molecule has 0 bridgehead atoms. The maximum absolute atomic E-state index is 12.7. The van der Waals surface area contributed by atoms with Gasteiger partial charge >= 0.3 is 0 Å². The van der Waals surface area contributed by atoms with E-state index < -0.39 is 0 Å². The van der Waals surface area contributed by atoms with E-state index in [2.05, 4.69) is 39.5 Å². The van der Waals surface area contributed by atoms with Crippen LogP contribution in [0.2, 0.25) is 0 Å². The highest BCUT2D eigenvalue weighted by Crippen LogP contribution is 2.24. The fraction of sp³-hybridized carbons (Fsp3) is 0.720. The summed E-state index contributed by atoms with van der Waals surface area (Å²) in [5, 5.41) is 6.99. The Bertz CT molecular complexity index is 746. The van der Waals surface area contributed by atoms with Gasteiger partial charge in [0.25, 0.3) is 0 Å². The van der Waals surface area contributed by atoms with Crippen molar-refractivity contribution >= 4 is 5.91 Å². The highest BCUT2D eigenvalue weighted by molar-refractivity contribution is 5.77. The molecule has 3 heterocycles. The molecule has 0 aliphatic carbocycles. The number of rotatable bonds is 8. The van der Waals surface area contributed by atoms with E-state index in [0.29, 0.717) is 25.7 Å². The van der Waals surface area contributed by atoms with Crippen LogP contribution >= 0.6 is 0 Å². The number of nitrogens with zero attached hydrogens (tertiary/aromatic N) is 2. The number of morpholine rings is 1. The van der Waals surface area contributed by atoms with E-state index >= 15 is 0 Å². The Morgan fingerprint density at radius 1 is 1.12 bits per heavy atom. The zero-order valence-corrected chi connectivity index (χ0v) is 20.1. The van der Waals surface area contributed by atoms with Gasteiger partial charge in [-0.05, 0) is 43.9 Å². The molecule has 0 radical (unpaired) electrons. The van der Waals surface area contributed by atoms with Gasteiger partial charge < -0.3 is 19.5 Å². The number of likely N-dealkylation sites (tertiary alicyclic amines) is 1. The Kier molecular flexibility index (Phi) is 8.97. The third-order valence-corrected chi connectivity index (χ3v) is 6.95. The molecule has 8 nitrogen and oxygen atoms in total. The molecule has 8 heteroatoms. The monoisotopic (exact) mass is 460 g/mol. The minimum Gasteiger partial charge on any atom is -0.491 e. The summed E-state index contributed by atoms with van der Waals surface area (Å²) >= 11 is 0. The number of amides is 1. The van der Waals surface area contributed by atoms with Gasteiger partial charge in [-0.3, -0.25) is 19.9 Å². The summed E-state index contributed by atoms with van der Waals surface area (Å²) in [6, 6.07) is 8.80. The van der Waals surface area contributed by atoms with Gasteiger partial charge in [0.05, 0.1) is 31.9 Å². The van der Waals surface area contributed by atoms with E-state index in [1.807, 2.05) is 12.1 Å². The Morgan fingerprint density at radius 2 is 1.97 bits per heavy atom. The first-order valence-electron chi connectivity index (χ1n) is 12.5. The summed E-state index contributed by atoms with van der Waals surface area (Å²) in [7, 11) is 1.68. The van der Waals surface area contributed by atoms with Gasteiger partial charge in [0.2, 0.25) is 5.91 Å². The maximum Gasteiger partial charge on any atom is 0.225 e. The lowest BCUT2D eigenvalue weighted by Crippen LogP contribution is -2.69. The first kappa shape index (κ1) is 24.4. The van der Waals surface area contributed by atoms with Crippen LogP contribution in [-0.4, -0.2) is 86.9 Å². The Balaban J connectivity index is 1.41. The van der Waals surface area contributed by atoms with Crippen molar-refractivity contribution in [1.82, 2.24) is 20.4 Å². The minimum atomic E-state index is -0.130. The summed E-state index contributed by atoms with van der Waals surface area (Å²) in [4.78, 5) is 17.5. The van der Waals surface area contributed by atoms with Gasteiger partial charge in [0, 0.05) is 32.8 Å². The molecule has 2 unspecified atom stereocenters. The van der Waals surface area contributed by atoms with Crippen molar-refractivity contribution in [3.05, 3.63) is 29.8 Å². The van der Waals surface area contributed by atoms with Gasteiger partial charge in [-0.2, -0.15) is 0 Å². The molecule has 0 aromatic heterocycles. The molecule has 0 spiro atoms. The highest BCUT2D eigenvalue weighted by atomic mass is 16.5. The zero-order valence-electron chi connectivity index (χ0n) is 20.1. The Morgan fingerprint density at radius 3 is 2.76 bits per heavy atom. The predicted molar refractivity (Wildman–Crippen MR) is 127 cm³/mol. The van der Waals surface area contributed by atoms with Crippen LogP contribution in [0.25, 0.3) is 0 Å². The summed E-state index contributed by atoms with van der Waals surface area (Å²) in [6.07, 6.45) is 6.36.